The monoisotopic (exact) mass is 539 g/mol. The number of hydrogen-bond acceptors (Lipinski definition) is 3. The minimum atomic E-state index is -0.416. The number of hydrogen-bond donors (Lipinski definition) is 1. The second-order valence-electron chi connectivity index (χ2n) is 10.1. The number of carbonyl (C=O) groups is 1. The van der Waals surface area contributed by atoms with Crippen LogP contribution in [0.15, 0.2) is 54.0 Å². The zero-order valence-electron chi connectivity index (χ0n) is 23.1. The Kier molecular flexibility index (Phi) is 13.3. The number of benzene rings is 2. The SMILES string of the molecule is CCCCCCCCCCCCCCOc1c(F)cccc1CC(=O)Nc1ccccc1-c1scc[n+]1C. The maximum absolute atomic E-state index is 14.6. The Hall–Kier alpha value is -2.73. The lowest BCUT2D eigenvalue weighted by Crippen LogP contribution is -2.27. The summed E-state index contributed by atoms with van der Waals surface area (Å²) in [6, 6.07) is 12.5. The molecule has 1 aromatic heterocycles. The van der Waals surface area contributed by atoms with Crippen LogP contribution in [0.1, 0.15) is 89.5 Å². The Morgan fingerprint density at radius 1 is 0.895 bits per heavy atom. The van der Waals surface area contributed by atoms with Crippen LogP contribution in [0.4, 0.5) is 10.1 Å². The number of rotatable bonds is 18. The van der Waals surface area contributed by atoms with E-state index in [-0.39, 0.29) is 18.1 Å². The smallest absolute Gasteiger partial charge is 0.270 e. The number of thiazole rings is 1. The summed E-state index contributed by atoms with van der Waals surface area (Å²) in [6.07, 6.45) is 17.3. The van der Waals surface area contributed by atoms with Crippen LogP contribution in [0, 0.1) is 5.82 Å². The molecule has 0 aliphatic rings. The van der Waals surface area contributed by atoms with E-state index in [4.69, 9.17) is 4.74 Å². The first-order valence-electron chi connectivity index (χ1n) is 14.3. The summed E-state index contributed by atoms with van der Waals surface area (Å²) in [5.74, 6) is -0.415. The molecule has 38 heavy (non-hydrogen) atoms. The van der Waals surface area contributed by atoms with Crippen molar-refractivity contribution in [1.82, 2.24) is 0 Å². The number of amides is 1. The number of nitrogens with zero attached hydrogens (tertiary/aromatic N) is 1. The number of anilines is 1. The van der Waals surface area contributed by atoms with Gasteiger partial charge in [-0.15, -0.1) is 0 Å². The number of nitrogens with one attached hydrogen (secondary N) is 1. The van der Waals surface area contributed by atoms with Gasteiger partial charge in [0.25, 0.3) is 5.01 Å². The summed E-state index contributed by atoms with van der Waals surface area (Å²) in [5.41, 5.74) is 2.27. The van der Waals surface area contributed by atoms with Gasteiger partial charge in [-0.2, -0.15) is 4.57 Å². The van der Waals surface area contributed by atoms with Crippen LogP contribution in [0.5, 0.6) is 5.75 Å². The van der Waals surface area contributed by atoms with Crippen LogP contribution >= 0.6 is 11.3 Å². The molecule has 0 aliphatic heterocycles. The van der Waals surface area contributed by atoms with Gasteiger partial charge in [-0.3, -0.25) is 4.79 Å². The lowest BCUT2D eigenvalue weighted by Gasteiger charge is -2.13. The van der Waals surface area contributed by atoms with Crippen LogP contribution in [0.2, 0.25) is 0 Å². The number of aryl methyl sites for hydroxylation is 1. The average Bonchev–Trinajstić information content (AvgIpc) is 3.34. The molecule has 0 saturated carbocycles. The Balaban J connectivity index is 1.41. The van der Waals surface area contributed by atoms with Crippen LogP contribution in [0.25, 0.3) is 10.6 Å². The minimum absolute atomic E-state index is 0.0520. The second kappa shape index (κ2) is 17.0. The molecule has 6 heteroatoms. The highest BCUT2D eigenvalue weighted by Gasteiger charge is 2.18. The number of carbonyl (C=O) groups excluding carboxylic acids is 1. The van der Waals surface area contributed by atoms with Gasteiger partial charge in [0.05, 0.1) is 29.7 Å². The van der Waals surface area contributed by atoms with E-state index in [1.54, 1.807) is 23.5 Å². The molecule has 0 atom stereocenters. The van der Waals surface area contributed by atoms with Gasteiger partial charge in [-0.05, 0) is 24.6 Å². The van der Waals surface area contributed by atoms with Crippen molar-refractivity contribution in [2.45, 2.75) is 90.4 Å². The first-order valence-corrected chi connectivity index (χ1v) is 15.2. The number of unbranched alkanes of at least 4 members (excludes halogenated alkanes) is 11. The topological polar surface area (TPSA) is 42.2 Å². The van der Waals surface area contributed by atoms with E-state index in [1.165, 1.54) is 70.3 Å². The maximum atomic E-state index is 14.6. The van der Waals surface area contributed by atoms with Gasteiger partial charge in [0.2, 0.25) is 5.91 Å². The molecule has 0 fully saturated rings. The zero-order valence-corrected chi connectivity index (χ0v) is 24.0. The summed E-state index contributed by atoms with van der Waals surface area (Å²) in [6.45, 7) is 2.72. The molecule has 2 aromatic carbocycles. The fraction of sp³-hybridized carbons (Fsp3) is 0.500. The molecule has 3 aromatic rings. The number of halogens is 1. The van der Waals surface area contributed by atoms with Gasteiger partial charge in [-0.25, -0.2) is 4.39 Å². The molecule has 1 heterocycles. The molecular formula is C32H44FN2O2S+. The number of ether oxygens (including phenoxy) is 1. The molecule has 4 nitrogen and oxygen atoms in total. The third-order valence-corrected chi connectivity index (χ3v) is 7.85. The van der Waals surface area contributed by atoms with Gasteiger partial charge in [0.15, 0.2) is 17.8 Å². The Bertz CT molecular complexity index is 1110. The van der Waals surface area contributed by atoms with Gasteiger partial charge in [-0.1, -0.05) is 113 Å². The summed E-state index contributed by atoms with van der Waals surface area (Å²) in [5, 5.41) is 6.08. The van der Waals surface area contributed by atoms with Gasteiger partial charge < -0.3 is 10.1 Å². The third-order valence-electron chi connectivity index (χ3n) is 6.86. The molecule has 0 unspecified atom stereocenters. The van der Waals surface area contributed by atoms with E-state index in [0.29, 0.717) is 12.2 Å². The van der Waals surface area contributed by atoms with Crippen molar-refractivity contribution in [3.8, 4) is 16.3 Å². The predicted molar refractivity (Wildman–Crippen MR) is 156 cm³/mol. The van der Waals surface area contributed by atoms with Crippen molar-refractivity contribution in [2.24, 2.45) is 7.05 Å². The van der Waals surface area contributed by atoms with Crippen molar-refractivity contribution in [1.29, 1.82) is 0 Å². The molecule has 0 spiro atoms. The quantitative estimate of drug-likeness (QED) is 0.130. The number of para-hydroxylation sites is 2. The van der Waals surface area contributed by atoms with Crippen molar-refractivity contribution in [3.63, 3.8) is 0 Å². The largest absolute Gasteiger partial charge is 0.490 e. The number of aromatic nitrogens is 1. The third kappa shape index (κ3) is 9.86. The standard InChI is InChI=1S/C32H43FN2O2S/c1-3-4-5-6-7-8-9-10-11-12-13-16-23-37-31-26(18-17-20-28(31)33)25-30(36)34-29-21-15-14-19-27(29)32-35(2)22-24-38-32/h14-15,17-22,24H,3-13,16,23,25H2,1-2H3/p+1. The molecular weight excluding hydrogens is 495 g/mol. The summed E-state index contributed by atoms with van der Waals surface area (Å²) in [7, 11) is 1.98. The molecule has 1 amide bonds. The van der Waals surface area contributed by atoms with Crippen LogP contribution in [-0.2, 0) is 18.3 Å². The highest BCUT2D eigenvalue weighted by atomic mass is 32.1. The summed E-state index contributed by atoms with van der Waals surface area (Å²) in [4.78, 5) is 12.9. The summed E-state index contributed by atoms with van der Waals surface area (Å²) < 4.78 is 22.5. The highest BCUT2D eigenvalue weighted by Crippen LogP contribution is 2.29. The van der Waals surface area contributed by atoms with Gasteiger partial charge in [0.1, 0.15) is 7.05 Å². The van der Waals surface area contributed by atoms with Gasteiger partial charge >= 0.3 is 0 Å². The van der Waals surface area contributed by atoms with Crippen molar-refractivity contribution >= 4 is 22.9 Å². The average molecular weight is 540 g/mol. The molecule has 1 N–H and O–H groups in total. The molecule has 0 bridgehead atoms. The van der Waals surface area contributed by atoms with Crippen molar-refractivity contribution in [2.75, 3.05) is 11.9 Å². The van der Waals surface area contributed by atoms with Crippen LogP contribution in [0.3, 0.4) is 0 Å². The van der Waals surface area contributed by atoms with Crippen molar-refractivity contribution in [3.05, 3.63) is 65.4 Å². The Labute approximate surface area is 232 Å². The van der Waals surface area contributed by atoms with Crippen LogP contribution in [-0.4, -0.2) is 12.5 Å². The first kappa shape index (κ1) is 29.8. The molecule has 3 rings (SSSR count). The fourth-order valence-corrected chi connectivity index (χ4v) is 5.61. The van der Waals surface area contributed by atoms with E-state index in [1.807, 2.05) is 47.5 Å². The molecule has 0 saturated heterocycles. The maximum Gasteiger partial charge on any atom is 0.270 e. The van der Waals surface area contributed by atoms with E-state index in [2.05, 4.69) is 12.2 Å². The zero-order chi connectivity index (χ0) is 27.0. The lowest BCUT2D eigenvalue weighted by molar-refractivity contribution is -0.655. The molecule has 206 valence electrons. The Morgan fingerprint density at radius 3 is 2.21 bits per heavy atom. The minimum Gasteiger partial charge on any atom is -0.490 e. The Morgan fingerprint density at radius 2 is 1.55 bits per heavy atom. The van der Waals surface area contributed by atoms with Crippen molar-refractivity contribution < 1.29 is 18.5 Å². The van der Waals surface area contributed by atoms with Crippen LogP contribution < -0.4 is 14.6 Å². The summed E-state index contributed by atoms with van der Waals surface area (Å²) >= 11 is 1.62. The highest BCUT2D eigenvalue weighted by molar-refractivity contribution is 7.12. The predicted octanol–water partition coefficient (Wildman–Crippen LogP) is 8.64. The lowest BCUT2D eigenvalue weighted by atomic mass is 10.1. The van der Waals surface area contributed by atoms with Gasteiger partial charge in [0, 0.05) is 5.56 Å². The second-order valence-corrected chi connectivity index (χ2v) is 10.9. The fourth-order valence-electron chi connectivity index (χ4n) is 4.71. The van der Waals surface area contributed by atoms with E-state index in [0.717, 1.165) is 29.1 Å². The normalized spacial score (nSPS) is 11.0. The molecule has 0 aliphatic carbocycles. The molecule has 0 radical (unpaired) electrons. The first-order chi connectivity index (χ1) is 18.6. The van der Waals surface area contributed by atoms with E-state index in [9.17, 15) is 9.18 Å². The van der Waals surface area contributed by atoms with E-state index >= 15 is 0 Å². The van der Waals surface area contributed by atoms with E-state index < -0.39 is 5.82 Å².